The average molecular weight is 324 g/mol. The molecule has 0 bridgehead atoms. The van der Waals surface area contributed by atoms with Crippen molar-refractivity contribution in [3.05, 3.63) is 53.1 Å². The maximum atomic E-state index is 6.24. The third-order valence-electron chi connectivity index (χ3n) is 2.76. The minimum Gasteiger partial charge on any atom is -0.477 e. The minimum atomic E-state index is 0.0869. The van der Waals surface area contributed by atoms with E-state index in [0.29, 0.717) is 16.5 Å². The molecule has 0 aromatic heterocycles. The van der Waals surface area contributed by atoms with Crippen LogP contribution in [-0.2, 0) is 0 Å². The van der Waals surface area contributed by atoms with Crippen LogP contribution in [-0.4, -0.2) is 19.4 Å². The second-order valence-electron chi connectivity index (χ2n) is 4.41. The first-order valence-electron chi connectivity index (χ1n) is 6.79. The van der Waals surface area contributed by atoms with E-state index in [9.17, 15) is 0 Å². The van der Waals surface area contributed by atoms with Crippen molar-refractivity contribution in [3.8, 4) is 36.2 Å². The van der Waals surface area contributed by atoms with Gasteiger partial charge in [0.15, 0.2) is 11.5 Å². The monoisotopic (exact) mass is 323 g/mol. The molecule has 0 heterocycles. The van der Waals surface area contributed by atoms with Crippen molar-refractivity contribution in [2.45, 2.75) is 0 Å². The summed E-state index contributed by atoms with van der Waals surface area (Å²) in [5.74, 6) is 5.59. The summed E-state index contributed by atoms with van der Waals surface area (Å²) in [5.41, 5.74) is 1.60. The van der Waals surface area contributed by atoms with Gasteiger partial charge < -0.3 is 9.47 Å². The number of para-hydroxylation sites is 1. The molecule has 0 atom stereocenters. The van der Waals surface area contributed by atoms with Crippen LogP contribution in [0.5, 0.6) is 11.5 Å². The van der Waals surface area contributed by atoms with Crippen molar-refractivity contribution in [2.24, 2.45) is 4.99 Å². The number of halogens is 1. The lowest BCUT2D eigenvalue weighted by Crippen LogP contribution is -2.01. The molecule has 0 saturated heterocycles. The molecule has 0 saturated carbocycles. The fourth-order valence-corrected chi connectivity index (χ4v) is 2.08. The van der Waals surface area contributed by atoms with Crippen molar-refractivity contribution < 1.29 is 9.47 Å². The summed E-state index contributed by atoms with van der Waals surface area (Å²) < 4.78 is 10.9. The molecule has 114 valence electrons. The topological polar surface area (TPSA) is 30.8 Å². The molecule has 2 rings (SSSR count). The normalized spacial score (nSPS) is 10.0. The zero-order chi connectivity index (χ0) is 16.5. The van der Waals surface area contributed by atoms with Crippen molar-refractivity contribution in [1.29, 1.82) is 0 Å². The predicted octanol–water partition coefficient (Wildman–Crippen LogP) is 4.11. The summed E-state index contributed by atoms with van der Waals surface area (Å²) in [5, 5.41) is 0.379. The number of hydrogen-bond acceptors (Lipinski definition) is 3. The molecule has 0 fully saturated rings. The largest absolute Gasteiger partial charge is 0.477 e. The van der Waals surface area contributed by atoms with Crippen molar-refractivity contribution >= 4 is 23.5 Å². The summed E-state index contributed by atoms with van der Waals surface area (Å²) in [6.07, 6.45) is 12.1. The summed E-state index contributed by atoms with van der Waals surface area (Å²) in [4.78, 5) is 4.38. The highest BCUT2D eigenvalue weighted by Gasteiger charge is 2.12. The SMILES string of the molecule is C#CCOc1cc(C=Nc2ccccc2)cc(Cl)c1OCC#C. The van der Waals surface area contributed by atoms with Gasteiger partial charge in [0.05, 0.1) is 10.7 Å². The van der Waals surface area contributed by atoms with Crippen LogP contribution in [0.2, 0.25) is 5.02 Å². The van der Waals surface area contributed by atoms with E-state index in [1.165, 1.54) is 0 Å². The Bertz CT molecular complexity index is 770. The number of terminal acetylenes is 2. The maximum Gasteiger partial charge on any atom is 0.181 e. The van der Waals surface area contributed by atoms with Gasteiger partial charge in [0.1, 0.15) is 13.2 Å². The number of hydrogen-bond donors (Lipinski definition) is 0. The average Bonchev–Trinajstić information content (AvgIpc) is 2.58. The van der Waals surface area contributed by atoms with Crippen molar-refractivity contribution in [3.63, 3.8) is 0 Å². The van der Waals surface area contributed by atoms with Gasteiger partial charge in [0.2, 0.25) is 0 Å². The number of benzene rings is 2. The Morgan fingerprint density at radius 1 is 1.04 bits per heavy atom. The van der Waals surface area contributed by atoms with Crippen molar-refractivity contribution in [2.75, 3.05) is 13.2 Å². The smallest absolute Gasteiger partial charge is 0.181 e. The van der Waals surface area contributed by atoms with E-state index in [1.54, 1.807) is 18.3 Å². The molecular formula is C19H14ClNO2. The standard InChI is InChI=1S/C19H14ClNO2/c1-3-10-22-18-13-15(12-17(20)19(18)23-11-4-2)14-21-16-8-6-5-7-9-16/h1-2,5-9,12-14H,10-11H2. The third kappa shape index (κ3) is 4.81. The zero-order valence-electron chi connectivity index (χ0n) is 12.3. The fourth-order valence-electron chi connectivity index (χ4n) is 1.81. The highest BCUT2D eigenvalue weighted by Crippen LogP contribution is 2.36. The van der Waals surface area contributed by atoms with Gasteiger partial charge in [-0.1, -0.05) is 41.6 Å². The lowest BCUT2D eigenvalue weighted by Gasteiger charge is -2.12. The number of ether oxygens (including phenoxy) is 2. The molecule has 4 heteroatoms. The second kappa shape index (κ2) is 8.54. The molecule has 2 aromatic carbocycles. The highest BCUT2D eigenvalue weighted by molar-refractivity contribution is 6.32. The van der Waals surface area contributed by atoms with Gasteiger partial charge in [0.25, 0.3) is 0 Å². The van der Waals surface area contributed by atoms with Crippen molar-refractivity contribution in [1.82, 2.24) is 0 Å². The first kappa shape index (κ1) is 16.5. The molecule has 23 heavy (non-hydrogen) atoms. The second-order valence-corrected chi connectivity index (χ2v) is 4.82. The van der Waals surface area contributed by atoms with Gasteiger partial charge in [0, 0.05) is 6.21 Å². The fraction of sp³-hybridized carbons (Fsp3) is 0.105. The summed E-state index contributed by atoms with van der Waals surface area (Å²) in [7, 11) is 0. The summed E-state index contributed by atoms with van der Waals surface area (Å²) in [6.45, 7) is 0.186. The van der Waals surface area contributed by atoms with E-state index in [1.807, 2.05) is 30.3 Å². The van der Waals surface area contributed by atoms with Gasteiger partial charge in [-0.3, -0.25) is 4.99 Å². The lowest BCUT2D eigenvalue weighted by molar-refractivity contribution is 0.315. The quantitative estimate of drug-likeness (QED) is 0.591. The Morgan fingerprint density at radius 3 is 2.43 bits per heavy atom. The molecule has 2 aromatic rings. The predicted molar refractivity (Wildman–Crippen MR) is 93.8 cm³/mol. The molecule has 0 amide bonds. The molecule has 0 spiro atoms. The summed E-state index contributed by atoms with van der Waals surface area (Å²) in [6, 6.07) is 13.0. The van der Waals surface area contributed by atoms with Crippen LogP contribution in [0, 0.1) is 24.7 Å². The van der Waals surface area contributed by atoms with Gasteiger partial charge in [-0.15, -0.1) is 12.8 Å². The van der Waals surface area contributed by atoms with E-state index in [4.69, 9.17) is 33.9 Å². The van der Waals surface area contributed by atoms with Crippen LogP contribution in [0.1, 0.15) is 5.56 Å². The number of rotatable bonds is 6. The van der Waals surface area contributed by atoms with E-state index >= 15 is 0 Å². The van der Waals surface area contributed by atoms with Gasteiger partial charge in [-0.2, -0.15) is 0 Å². The zero-order valence-corrected chi connectivity index (χ0v) is 13.1. The molecule has 0 unspecified atom stereocenters. The molecule has 0 radical (unpaired) electrons. The molecule has 0 aliphatic carbocycles. The van der Waals surface area contributed by atoms with Crippen LogP contribution in [0.4, 0.5) is 5.69 Å². The van der Waals surface area contributed by atoms with Crippen LogP contribution < -0.4 is 9.47 Å². The van der Waals surface area contributed by atoms with Gasteiger partial charge in [-0.25, -0.2) is 0 Å². The molecule has 0 aliphatic rings. The van der Waals surface area contributed by atoms with Crippen LogP contribution in [0.3, 0.4) is 0 Å². The van der Waals surface area contributed by atoms with Crippen LogP contribution in [0.25, 0.3) is 0 Å². The highest BCUT2D eigenvalue weighted by atomic mass is 35.5. The van der Waals surface area contributed by atoms with Crippen LogP contribution >= 0.6 is 11.6 Å². The third-order valence-corrected chi connectivity index (χ3v) is 3.04. The van der Waals surface area contributed by atoms with E-state index in [2.05, 4.69) is 16.8 Å². The van der Waals surface area contributed by atoms with Crippen LogP contribution in [0.15, 0.2) is 47.5 Å². The lowest BCUT2D eigenvalue weighted by atomic mass is 10.2. The molecule has 3 nitrogen and oxygen atoms in total. The Balaban J connectivity index is 2.31. The first-order valence-corrected chi connectivity index (χ1v) is 7.17. The molecule has 0 N–H and O–H groups in total. The van der Waals surface area contributed by atoms with E-state index < -0.39 is 0 Å². The number of nitrogens with zero attached hydrogens (tertiary/aromatic N) is 1. The Labute approximate surface area is 140 Å². The van der Waals surface area contributed by atoms with Gasteiger partial charge in [-0.05, 0) is 29.8 Å². The Hall–Kier alpha value is -2.88. The van der Waals surface area contributed by atoms with E-state index in [-0.39, 0.29) is 13.2 Å². The summed E-state index contributed by atoms with van der Waals surface area (Å²) >= 11 is 6.24. The number of aliphatic imine (C=N–C) groups is 1. The Morgan fingerprint density at radius 2 is 1.74 bits per heavy atom. The molecule has 0 aliphatic heterocycles. The maximum absolute atomic E-state index is 6.24. The van der Waals surface area contributed by atoms with E-state index in [0.717, 1.165) is 11.3 Å². The Kier molecular flexibility index (Phi) is 6.12. The first-order chi connectivity index (χ1) is 11.2. The minimum absolute atomic E-state index is 0.0869. The molecular weight excluding hydrogens is 310 g/mol. The van der Waals surface area contributed by atoms with Gasteiger partial charge >= 0.3 is 0 Å².